The average Bonchev–Trinajstić information content (AvgIpc) is 3.34. The molecule has 11 nitrogen and oxygen atoms in total. The highest BCUT2D eigenvalue weighted by Gasteiger charge is 2.22. The summed E-state index contributed by atoms with van der Waals surface area (Å²) in [5, 5.41) is 10.7. The third-order valence-electron chi connectivity index (χ3n) is 4.61. The van der Waals surface area contributed by atoms with E-state index >= 15 is 0 Å². The van der Waals surface area contributed by atoms with Crippen LogP contribution in [0.3, 0.4) is 0 Å². The van der Waals surface area contributed by atoms with Gasteiger partial charge in [-0.25, -0.2) is 19.2 Å². The molecule has 13 heteroatoms. The van der Waals surface area contributed by atoms with Gasteiger partial charge in [-0.15, -0.1) is 5.10 Å². The smallest absolute Gasteiger partial charge is 0.339 e. The second-order valence-corrected chi connectivity index (χ2v) is 7.69. The van der Waals surface area contributed by atoms with Crippen LogP contribution in [0.1, 0.15) is 26.5 Å². The van der Waals surface area contributed by atoms with E-state index in [1.165, 1.54) is 45.1 Å². The predicted molar refractivity (Wildman–Crippen MR) is 122 cm³/mol. The first-order valence-corrected chi connectivity index (χ1v) is 10.8. The van der Waals surface area contributed by atoms with Crippen LogP contribution in [0, 0.1) is 5.82 Å². The number of nitrogens with one attached hydrogen (secondary N) is 1. The van der Waals surface area contributed by atoms with Crippen LogP contribution in [0.15, 0.2) is 49.1 Å². The molecule has 0 saturated heterocycles. The Labute approximate surface area is 202 Å². The second kappa shape index (κ2) is 10.6. The van der Waals surface area contributed by atoms with Gasteiger partial charge in [-0.3, -0.25) is 15.1 Å². The lowest BCUT2D eigenvalue weighted by Crippen LogP contribution is -2.15. The van der Waals surface area contributed by atoms with Crippen molar-refractivity contribution in [3.05, 3.63) is 71.8 Å². The van der Waals surface area contributed by atoms with E-state index in [9.17, 15) is 14.0 Å². The highest BCUT2D eigenvalue weighted by Crippen LogP contribution is 2.34. The maximum absolute atomic E-state index is 14.6. The molecule has 0 aliphatic carbocycles. The number of hydrogen-bond donors (Lipinski definition) is 1. The van der Waals surface area contributed by atoms with Gasteiger partial charge >= 0.3 is 5.97 Å². The first-order chi connectivity index (χ1) is 17.0. The van der Waals surface area contributed by atoms with Crippen LogP contribution >= 0.6 is 11.3 Å². The molecule has 1 aromatic carbocycles. The van der Waals surface area contributed by atoms with Crippen molar-refractivity contribution in [3.8, 4) is 22.1 Å². The summed E-state index contributed by atoms with van der Waals surface area (Å²) in [6.07, 6.45) is 3.88. The molecule has 4 aromatic rings. The number of esters is 1. The van der Waals surface area contributed by atoms with E-state index in [1.807, 2.05) is 0 Å². The lowest BCUT2D eigenvalue weighted by Gasteiger charge is -2.12. The highest BCUT2D eigenvalue weighted by molar-refractivity contribution is 7.17. The summed E-state index contributed by atoms with van der Waals surface area (Å²) in [5.41, 5.74) is 1.00. The molecule has 0 fully saturated rings. The predicted octanol–water partition coefficient (Wildman–Crippen LogP) is 3.16. The van der Waals surface area contributed by atoms with E-state index in [2.05, 4.69) is 35.2 Å². The van der Waals surface area contributed by atoms with Gasteiger partial charge in [0.05, 0.1) is 31.0 Å². The summed E-state index contributed by atoms with van der Waals surface area (Å²) in [6.45, 7) is 0.0627. The minimum atomic E-state index is -0.643. The van der Waals surface area contributed by atoms with Gasteiger partial charge in [0.1, 0.15) is 30.2 Å². The Hall–Kier alpha value is -4.52. The number of halogens is 1. The fourth-order valence-corrected chi connectivity index (χ4v) is 3.58. The summed E-state index contributed by atoms with van der Waals surface area (Å²) in [4.78, 5) is 36.4. The van der Waals surface area contributed by atoms with Gasteiger partial charge in [-0.1, -0.05) is 11.2 Å². The minimum Gasteiger partial charge on any atom is -0.496 e. The summed E-state index contributed by atoms with van der Waals surface area (Å²) < 4.78 is 30.0. The van der Waals surface area contributed by atoms with Gasteiger partial charge < -0.3 is 14.2 Å². The number of amides is 1. The Kier molecular flexibility index (Phi) is 7.16. The fourth-order valence-electron chi connectivity index (χ4n) is 2.99. The molecular weight excluding hydrogens is 479 g/mol. The van der Waals surface area contributed by atoms with Gasteiger partial charge in [0.2, 0.25) is 5.13 Å². The molecule has 3 heterocycles. The minimum absolute atomic E-state index is 0.0627. The topological polar surface area (TPSA) is 138 Å². The van der Waals surface area contributed by atoms with Crippen molar-refractivity contribution in [2.75, 3.05) is 19.5 Å². The lowest BCUT2D eigenvalue weighted by atomic mass is 10.0. The maximum atomic E-state index is 14.6. The number of benzene rings is 1. The number of aromatic nitrogens is 5. The third kappa shape index (κ3) is 5.35. The number of carbonyl (C=O) groups is 2. The Balaban J connectivity index is 1.45. The Bertz CT molecular complexity index is 1360. The van der Waals surface area contributed by atoms with E-state index in [0.717, 1.165) is 11.3 Å². The molecule has 0 aliphatic heterocycles. The molecule has 0 radical (unpaired) electrons. The number of rotatable bonds is 8. The van der Waals surface area contributed by atoms with Gasteiger partial charge in [0.15, 0.2) is 0 Å². The van der Waals surface area contributed by atoms with Gasteiger partial charge in [0, 0.05) is 18.0 Å². The van der Waals surface area contributed by atoms with Gasteiger partial charge in [-0.2, -0.15) is 0 Å². The number of anilines is 1. The summed E-state index contributed by atoms with van der Waals surface area (Å²) in [6, 6.07) is 7.49. The average molecular weight is 496 g/mol. The molecule has 0 saturated carbocycles. The molecule has 0 atom stereocenters. The molecule has 0 aliphatic rings. The van der Waals surface area contributed by atoms with Gasteiger partial charge in [0.25, 0.3) is 11.1 Å². The fraction of sp³-hybridized carbons (Fsp3) is 0.136. The van der Waals surface area contributed by atoms with E-state index < -0.39 is 17.7 Å². The van der Waals surface area contributed by atoms with E-state index in [4.69, 9.17) is 9.47 Å². The van der Waals surface area contributed by atoms with Crippen LogP contribution in [0.4, 0.5) is 9.52 Å². The third-order valence-corrected chi connectivity index (χ3v) is 5.36. The molecule has 1 amide bonds. The van der Waals surface area contributed by atoms with Crippen LogP contribution in [0.2, 0.25) is 0 Å². The lowest BCUT2D eigenvalue weighted by molar-refractivity contribution is 0.0600. The van der Waals surface area contributed by atoms with Crippen LogP contribution in [0.25, 0.3) is 11.1 Å². The quantitative estimate of drug-likeness (QED) is 0.362. The van der Waals surface area contributed by atoms with Crippen molar-refractivity contribution in [1.29, 1.82) is 0 Å². The summed E-state index contributed by atoms with van der Waals surface area (Å²) >= 11 is 0.979. The van der Waals surface area contributed by atoms with Crippen molar-refractivity contribution >= 4 is 28.3 Å². The molecule has 4 rings (SSSR count). The molecule has 0 bridgehead atoms. The first kappa shape index (κ1) is 23.6. The van der Waals surface area contributed by atoms with Crippen LogP contribution in [-0.2, 0) is 11.3 Å². The molecular formula is C22H17FN6O5S. The number of methoxy groups -OCH3 is 2. The SMILES string of the molecule is COC(=O)c1ccc(COc2nnc(NC(=O)c3ncncc3-c3c(F)cccc3OC)s2)nc1. The molecule has 1 N–H and O–H groups in total. The Morgan fingerprint density at radius 2 is 1.94 bits per heavy atom. The van der Waals surface area contributed by atoms with Crippen molar-refractivity contribution < 1.29 is 28.2 Å². The first-order valence-electron chi connectivity index (χ1n) is 9.94. The van der Waals surface area contributed by atoms with Gasteiger partial charge in [-0.05, 0) is 35.6 Å². The molecule has 0 spiro atoms. The molecule has 0 unspecified atom stereocenters. The monoisotopic (exact) mass is 496 g/mol. The highest BCUT2D eigenvalue weighted by atomic mass is 32.1. The molecule has 35 heavy (non-hydrogen) atoms. The number of hydrogen-bond acceptors (Lipinski definition) is 11. The van der Waals surface area contributed by atoms with Crippen LogP contribution < -0.4 is 14.8 Å². The summed E-state index contributed by atoms with van der Waals surface area (Å²) in [7, 11) is 2.68. The summed E-state index contributed by atoms with van der Waals surface area (Å²) in [5.74, 6) is -1.49. The molecule has 3 aromatic heterocycles. The number of ether oxygens (including phenoxy) is 3. The molecule has 178 valence electrons. The number of nitrogens with zero attached hydrogens (tertiary/aromatic N) is 5. The second-order valence-electron chi connectivity index (χ2n) is 6.75. The Morgan fingerprint density at radius 3 is 2.69 bits per heavy atom. The zero-order chi connectivity index (χ0) is 24.8. The van der Waals surface area contributed by atoms with E-state index in [1.54, 1.807) is 18.2 Å². The number of carbonyl (C=O) groups excluding carboxylic acids is 2. The number of pyridine rings is 1. The normalized spacial score (nSPS) is 10.5. The van der Waals surface area contributed by atoms with E-state index in [0.29, 0.717) is 11.3 Å². The van der Waals surface area contributed by atoms with Crippen molar-refractivity contribution in [2.24, 2.45) is 0 Å². The van der Waals surface area contributed by atoms with Crippen molar-refractivity contribution in [2.45, 2.75) is 6.61 Å². The van der Waals surface area contributed by atoms with Crippen molar-refractivity contribution in [1.82, 2.24) is 25.1 Å². The zero-order valence-corrected chi connectivity index (χ0v) is 19.2. The van der Waals surface area contributed by atoms with Crippen LogP contribution in [0.5, 0.6) is 10.9 Å². The Morgan fingerprint density at radius 1 is 1.09 bits per heavy atom. The van der Waals surface area contributed by atoms with Crippen molar-refractivity contribution in [3.63, 3.8) is 0 Å². The standard InChI is InChI=1S/C22H17FN6O5S/c1-32-16-5-3-4-15(23)17(16)14-9-24-11-26-18(14)19(30)27-21-28-29-22(35-21)34-10-13-7-6-12(8-25-13)20(31)33-2/h3-9,11H,10H2,1-2H3,(H,27,28,30). The van der Waals surface area contributed by atoms with Crippen LogP contribution in [-0.4, -0.2) is 51.2 Å². The largest absolute Gasteiger partial charge is 0.496 e. The maximum Gasteiger partial charge on any atom is 0.339 e. The zero-order valence-electron chi connectivity index (χ0n) is 18.4. The van der Waals surface area contributed by atoms with E-state index in [-0.39, 0.29) is 39.5 Å².